The zero-order valence-corrected chi connectivity index (χ0v) is 24.3. The lowest BCUT2D eigenvalue weighted by atomic mass is 10.2. The van der Waals surface area contributed by atoms with Crippen molar-refractivity contribution in [2.45, 2.75) is 13.3 Å². The van der Waals surface area contributed by atoms with Gasteiger partial charge in [-0.2, -0.15) is 0 Å². The van der Waals surface area contributed by atoms with E-state index in [4.69, 9.17) is 51.1 Å². The van der Waals surface area contributed by atoms with E-state index in [0.29, 0.717) is 30.4 Å². The van der Waals surface area contributed by atoms with Crippen molar-refractivity contribution >= 4 is 75.6 Å². The fourth-order valence-corrected chi connectivity index (χ4v) is 0.909. The molecule has 0 aliphatic carbocycles. The number of carboxylic acid groups (broad SMARTS) is 10. The van der Waals surface area contributed by atoms with Crippen molar-refractivity contribution in [2.75, 3.05) is 0 Å². The average Bonchev–Trinajstić information content (AvgIpc) is 2.87. The van der Waals surface area contributed by atoms with Crippen molar-refractivity contribution in [3.63, 3.8) is 0 Å². The summed E-state index contributed by atoms with van der Waals surface area (Å²) in [7, 11) is 0. The number of hydrogen-bond acceptors (Lipinski definition) is 10. The molecule has 0 bridgehead atoms. The van der Waals surface area contributed by atoms with Crippen LogP contribution in [0.25, 0.3) is 0 Å². The maximum absolute atomic E-state index is 9.87. The van der Waals surface area contributed by atoms with Gasteiger partial charge in [-0.1, -0.05) is 19.7 Å². The molecule has 0 aromatic rings. The first kappa shape index (κ1) is 51.4. The third kappa shape index (κ3) is 72.7. The highest BCUT2D eigenvalue weighted by Gasteiger charge is 2.07. The van der Waals surface area contributed by atoms with Crippen molar-refractivity contribution in [2.24, 2.45) is 0 Å². The molecule has 0 aliphatic rings. The number of halogens is 1. The van der Waals surface area contributed by atoms with Crippen molar-refractivity contribution in [1.82, 2.24) is 0 Å². The number of rotatable bonds is 11. The van der Waals surface area contributed by atoms with E-state index in [-0.39, 0.29) is 15.6 Å². The number of aliphatic carboxylic acids is 10. The zero-order chi connectivity index (χ0) is 37.5. The summed E-state index contributed by atoms with van der Waals surface area (Å²) >= 11 is 2.52. The van der Waals surface area contributed by atoms with Gasteiger partial charge in [0.05, 0.1) is 6.42 Å². The summed E-state index contributed by atoms with van der Waals surface area (Å²) in [5, 5.41) is 78.8. The fourth-order valence-electron chi connectivity index (χ4n) is 0.713. The van der Waals surface area contributed by atoms with Gasteiger partial charge in [0.2, 0.25) is 0 Å². The summed E-state index contributed by atoms with van der Waals surface area (Å²) in [5.74, 6) is -12.0. The second-order valence-electron chi connectivity index (χ2n) is 6.26. The minimum atomic E-state index is -1.29. The van der Waals surface area contributed by atoms with Crippen LogP contribution in [-0.4, -0.2) is 111 Å². The van der Waals surface area contributed by atoms with Crippen LogP contribution in [0.15, 0.2) is 71.8 Å². The van der Waals surface area contributed by atoms with Crippen LogP contribution in [0.4, 0.5) is 0 Å². The van der Waals surface area contributed by atoms with E-state index in [1.807, 2.05) is 0 Å². The molecule has 0 rings (SSSR count). The molecule has 20 nitrogen and oxygen atoms in total. The van der Waals surface area contributed by atoms with Crippen LogP contribution in [0.2, 0.25) is 0 Å². The molecule has 250 valence electrons. The van der Waals surface area contributed by atoms with Gasteiger partial charge in [0, 0.05) is 47.6 Å². The molecule has 0 aromatic heterocycles. The summed E-state index contributed by atoms with van der Waals surface area (Å²) in [4.78, 5) is 96.3. The minimum absolute atomic E-state index is 0.176. The van der Waals surface area contributed by atoms with Crippen molar-refractivity contribution in [3.05, 3.63) is 71.8 Å². The molecule has 0 aromatic carbocycles. The molecule has 10 N–H and O–H groups in total. The molecule has 0 unspecified atom stereocenters. The third-order valence-corrected chi connectivity index (χ3v) is 2.97. The van der Waals surface area contributed by atoms with Gasteiger partial charge < -0.3 is 51.1 Å². The van der Waals surface area contributed by atoms with E-state index in [9.17, 15) is 47.9 Å². The van der Waals surface area contributed by atoms with Crippen LogP contribution in [0, 0.1) is 0 Å². The summed E-state index contributed by atoms with van der Waals surface area (Å²) in [6, 6.07) is 0. The summed E-state index contributed by atoms with van der Waals surface area (Å²) in [5.41, 5.74) is -0.127. The highest BCUT2D eigenvalue weighted by Crippen LogP contribution is 2.02. The van der Waals surface area contributed by atoms with E-state index in [2.05, 4.69) is 35.7 Å². The first-order chi connectivity index (χ1) is 20.2. The normalized spacial score (nSPS) is 8.98. The topological polar surface area (TPSA) is 373 Å². The molecule has 0 atom stereocenters. The number of carboxylic acids is 10. The standard InChI is InChI=1S/C5H6O4.C4H3BrO4.2C4H4O4.C4H6O2.C3H4O2/c1-3(5(8)9)2-4(6)7;5-2(4(8)9)1-3(6)7;2*5-3(6)1-2-4(7)8;1-3(2)4(5)6;1-2-3(4)5/h1-2H2,(H,6,7)(H,8,9);1H,(H,6,7)(H,8,9);2*1-2H,(H,5,6)(H,7,8);1H2,2H3,(H,5,6);2H,1H2,(H,4,5)/b;2*2-1+;2-1-;;. The summed E-state index contributed by atoms with van der Waals surface area (Å²) in [6.45, 7) is 10.6. The van der Waals surface area contributed by atoms with E-state index in [1.165, 1.54) is 6.92 Å². The summed E-state index contributed by atoms with van der Waals surface area (Å²) in [6.07, 6.45) is 3.12. The Morgan fingerprint density at radius 2 is 0.800 bits per heavy atom. The molecular formula is C24H27BrO20. The molecule has 0 heterocycles. The number of hydrogen-bond donors (Lipinski definition) is 10. The second kappa shape index (κ2) is 32.1. The Labute approximate surface area is 259 Å². The monoisotopic (exact) mass is 714 g/mol. The maximum atomic E-state index is 9.87. The van der Waals surface area contributed by atoms with Crippen molar-refractivity contribution in [3.8, 4) is 0 Å². The van der Waals surface area contributed by atoms with Crippen molar-refractivity contribution < 1.29 is 99.0 Å². The Bertz CT molecular complexity index is 1140. The average molecular weight is 715 g/mol. The van der Waals surface area contributed by atoms with Crippen LogP contribution in [0.1, 0.15) is 13.3 Å². The van der Waals surface area contributed by atoms with Crippen LogP contribution in [0.5, 0.6) is 0 Å². The molecule has 0 fully saturated rings. The quantitative estimate of drug-likeness (QED) is 0.133. The highest BCUT2D eigenvalue weighted by atomic mass is 79.9. The van der Waals surface area contributed by atoms with E-state index >= 15 is 0 Å². The largest absolute Gasteiger partial charge is 0.481 e. The van der Waals surface area contributed by atoms with E-state index in [1.54, 1.807) is 0 Å². The predicted octanol–water partition coefficient (Wildman–Crippen LogP) is 0.864. The van der Waals surface area contributed by atoms with Gasteiger partial charge in [0.25, 0.3) is 0 Å². The van der Waals surface area contributed by atoms with Gasteiger partial charge in [0.15, 0.2) is 0 Å². The van der Waals surface area contributed by atoms with Gasteiger partial charge in [-0.05, 0) is 22.9 Å². The van der Waals surface area contributed by atoms with Gasteiger partial charge >= 0.3 is 59.7 Å². The number of carbonyl (C=O) groups is 10. The maximum Gasteiger partial charge on any atom is 0.343 e. The third-order valence-electron chi connectivity index (χ3n) is 2.40. The Balaban J connectivity index is -0.000000102. The van der Waals surface area contributed by atoms with Gasteiger partial charge in [-0.25, -0.2) is 43.2 Å². The van der Waals surface area contributed by atoms with Crippen LogP contribution >= 0.6 is 15.9 Å². The Morgan fingerprint density at radius 1 is 0.533 bits per heavy atom. The minimum Gasteiger partial charge on any atom is -0.481 e. The smallest absolute Gasteiger partial charge is 0.343 e. The van der Waals surface area contributed by atoms with Crippen LogP contribution in [-0.2, 0) is 47.9 Å². The molecule has 0 saturated carbocycles. The van der Waals surface area contributed by atoms with Crippen molar-refractivity contribution in [1.29, 1.82) is 0 Å². The first-order valence-electron chi connectivity index (χ1n) is 10.2. The second-order valence-corrected chi connectivity index (χ2v) is 7.12. The fraction of sp³-hybridized carbons (Fsp3) is 0.0833. The molecule has 0 saturated heterocycles. The first-order valence-corrected chi connectivity index (χ1v) is 11.0. The Hall–Kier alpha value is -6.38. The van der Waals surface area contributed by atoms with Crippen LogP contribution in [0.3, 0.4) is 0 Å². The van der Waals surface area contributed by atoms with Crippen LogP contribution < -0.4 is 0 Å². The molecule has 0 radical (unpaired) electrons. The lowest BCUT2D eigenvalue weighted by Gasteiger charge is -1.91. The van der Waals surface area contributed by atoms with E-state index < -0.39 is 66.1 Å². The predicted molar refractivity (Wildman–Crippen MR) is 150 cm³/mol. The SMILES string of the molecule is C=C(C)C(=O)O.C=C(CC(=O)O)C(=O)O.C=CC(=O)O.O=C(O)/C=C(/Br)C(=O)O.O=C(O)/C=C/C(=O)O.O=C(O)/C=C\C(=O)O. The van der Waals surface area contributed by atoms with Gasteiger partial charge in [0.1, 0.15) is 4.48 Å². The Kier molecular flexibility index (Phi) is 36.7. The van der Waals surface area contributed by atoms with E-state index in [0.717, 1.165) is 6.08 Å². The van der Waals surface area contributed by atoms with Gasteiger partial charge in [-0.3, -0.25) is 4.79 Å². The summed E-state index contributed by atoms with van der Waals surface area (Å²) < 4.78 is -0.366. The molecule has 45 heavy (non-hydrogen) atoms. The molecule has 0 spiro atoms. The lowest BCUT2D eigenvalue weighted by Crippen LogP contribution is -2.04. The zero-order valence-electron chi connectivity index (χ0n) is 22.7. The lowest BCUT2D eigenvalue weighted by molar-refractivity contribution is -0.139. The molecule has 0 aliphatic heterocycles. The molecule has 0 amide bonds. The molecule has 21 heteroatoms. The van der Waals surface area contributed by atoms with Gasteiger partial charge in [-0.15, -0.1) is 0 Å². The highest BCUT2D eigenvalue weighted by molar-refractivity contribution is 9.12. The molecular weight excluding hydrogens is 688 g/mol. The Morgan fingerprint density at radius 3 is 0.867 bits per heavy atom.